The predicted octanol–water partition coefficient (Wildman–Crippen LogP) is 4.12. The summed E-state index contributed by atoms with van der Waals surface area (Å²) >= 11 is 0. The average molecular weight is 338 g/mol. The van der Waals surface area contributed by atoms with Crippen molar-refractivity contribution in [1.29, 1.82) is 0 Å². The zero-order chi connectivity index (χ0) is 17.5. The Morgan fingerprint density at radius 1 is 0.962 bits per heavy atom. The van der Waals surface area contributed by atoms with Crippen molar-refractivity contribution in [3.8, 4) is 11.1 Å². The monoisotopic (exact) mass is 338 g/mol. The van der Waals surface area contributed by atoms with E-state index >= 15 is 0 Å². The first-order valence-corrected chi connectivity index (χ1v) is 8.29. The number of carbonyl (C=O) groups excluding carboxylic acids is 1. The molecular formula is C21H14N4O. The maximum Gasteiger partial charge on any atom is 0.256 e. The summed E-state index contributed by atoms with van der Waals surface area (Å²) in [6.45, 7) is 0. The van der Waals surface area contributed by atoms with Crippen LogP contribution in [0.1, 0.15) is 11.1 Å². The van der Waals surface area contributed by atoms with Gasteiger partial charge in [-0.05, 0) is 41.5 Å². The second kappa shape index (κ2) is 5.67. The van der Waals surface area contributed by atoms with E-state index in [0.717, 1.165) is 38.8 Å². The largest absolute Gasteiger partial charge is 0.321 e. The molecule has 3 heterocycles. The number of aromatic amines is 1. The van der Waals surface area contributed by atoms with Crippen molar-refractivity contribution in [2.75, 3.05) is 5.32 Å². The third-order valence-corrected chi connectivity index (χ3v) is 4.57. The maximum atomic E-state index is 12.5. The van der Waals surface area contributed by atoms with Gasteiger partial charge < -0.3 is 5.32 Å². The van der Waals surface area contributed by atoms with Crippen molar-refractivity contribution < 1.29 is 4.79 Å². The summed E-state index contributed by atoms with van der Waals surface area (Å²) in [5, 5.41) is 10.9. The minimum absolute atomic E-state index is 0.0874. The summed E-state index contributed by atoms with van der Waals surface area (Å²) in [6, 6.07) is 15.9. The van der Waals surface area contributed by atoms with E-state index in [1.165, 1.54) is 0 Å². The third kappa shape index (κ3) is 2.38. The number of amides is 1. The molecule has 1 aliphatic rings. The van der Waals surface area contributed by atoms with E-state index in [-0.39, 0.29) is 5.91 Å². The number of nitrogens with one attached hydrogen (secondary N) is 2. The minimum Gasteiger partial charge on any atom is -0.321 e. The Morgan fingerprint density at radius 2 is 1.92 bits per heavy atom. The van der Waals surface area contributed by atoms with Crippen LogP contribution < -0.4 is 5.32 Å². The van der Waals surface area contributed by atoms with E-state index in [2.05, 4.69) is 20.5 Å². The first-order chi connectivity index (χ1) is 12.8. The zero-order valence-corrected chi connectivity index (χ0v) is 13.7. The Labute approximate surface area is 149 Å². The number of hydrogen-bond donors (Lipinski definition) is 2. The smallest absolute Gasteiger partial charge is 0.256 e. The molecule has 0 saturated heterocycles. The standard InChI is InChI=1S/C21H14N4O/c26-21-18(9-13-3-6-19-16(8-13)12-23-25-19)17-5-4-14(10-20(17)24-21)15-2-1-7-22-11-15/h1-12H,(H,23,25)(H,24,26). The fourth-order valence-electron chi connectivity index (χ4n) is 3.27. The van der Waals surface area contributed by atoms with Crippen molar-refractivity contribution in [3.63, 3.8) is 0 Å². The Hall–Kier alpha value is -3.73. The normalized spacial score (nSPS) is 14.6. The summed E-state index contributed by atoms with van der Waals surface area (Å²) in [4.78, 5) is 16.6. The molecule has 0 radical (unpaired) electrons. The first kappa shape index (κ1) is 14.6. The molecule has 1 aliphatic heterocycles. The second-order valence-electron chi connectivity index (χ2n) is 6.23. The van der Waals surface area contributed by atoms with Crippen LogP contribution in [0, 0.1) is 0 Å². The molecule has 2 aromatic carbocycles. The SMILES string of the molecule is O=C1Nc2cc(-c3cccnc3)ccc2C1=Cc1ccc2[nH]ncc2c1. The highest BCUT2D eigenvalue weighted by atomic mass is 16.2. The highest BCUT2D eigenvalue weighted by Gasteiger charge is 2.24. The molecule has 0 atom stereocenters. The van der Waals surface area contributed by atoms with Gasteiger partial charge in [-0.15, -0.1) is 0 Å². The van der Waals surface area contributed by atoms with E-state index in [9.17, 15) is 4.79 Å². The Kier molecular flexibility index (Phi) is 3.18. The number of benzene rings is 2. The second-order valence-corrected chi connectivity index (χ2v) is 6.23. The van der Waals surface area contributed by atoms with Crippen LogP contribution in [-0.2, 0) is 4.79 Å². The number of carbonyl (C=O) groups is 1. The van der Waals surface area contributed by atoms with E-state index in [0.29, 0.717) is 5.57 Å². The summed E-state index contributed by atoms with van der Waals surface area (Å²) < 4.78 is 0. The third-order valence-electron chi connectivity index (χ3n) is 4.57. The van der Waals surface area contributed by atoms with Gasteiger partial charge in [0.1, 0.15) is 0 Å². The lowest BCUT2D eigenvalue weighted by atomic mass is 10.00. The van der Waals surface area contributed by atoms with Gasteiger partial charge in [-0.2, -0.15) is 5.10 Å². The Bertz CT molecular complexity index is 1180. The van der Waals surface area contributed by atoms with Gasteiger partial charge >= 0.3 is 0 Å². The van der Waals surface area contributed by atoms with Crippen LogP contribution >= 0.6 is 0 Å². The molecule has 0 spiro atoms. The van der Waals surface area contributed by atoms with E-state index < -0.39 is 0 Å². The van der Waals surface area contributed by atoms with Crippen LogP contribution in [0.3, 0.4) is 0 Å². The van der Waals surface area contributed by atoms with Crippen molar-refractivity contribution in [3.05, 3.63) is 78.2 Å². The minimum atomic E-state index is -0.0874. The van der Waals surface area contributed by atoms with Gasteiger partial charge in [0.25, 0.3) is 5.91 Å². The Morgan fingerprint density at radius 3 is 2.81 bits per heavy atom. The average Bonchev–Trinajstić information content (AvgIpc) is 3.26. The molecule has 0 aliphatic carbocycles. The van der Waals surface area contributed by atoms with E-state index in [1.54, 1.807) is 12.4 Å². The van der Waals surface area contributed by atoms with Gasteiger partial charge in [-0.1, -0.05) is 24.3 Å². The van der Waals surface area contributed by atoms with Crippen LogP contribution in [0.15, 0.2) is 67.1 Å². The van der Waals surface area contributed by atoms with Crippen LogP contribution in [0.4, 0.5) is 5.69 Å². The van der Waals surface area contributed by atoms with Crippen LogP contribution in [0.2, 0.25) is 0 Å². The maximum absolute atomic E-state index is 12.5. The number of fused-ring (bicyclic) bond motifs is 2. The molecule has 5 rings (SSSR count). The molecular weight excluding hydrogens is 324 g/mol. The van der Waals surface area contributed by atoms with Crippen molar-refractivity contribution in [1.82, 2.24) is 15.2 Å². The van der Waals surface area contributed by atoms with Gasteiger partial charge in [0, 0.05) is 40.2 Å². The fraction of sp³-hybridized carbons (Fsp3) is 0. The molecule has 5 heteroatoms. The zero-order valence-electron chi connectivity index (χ0n) is 13.7. The topological polar surface area (TPSA) is 70.7 Å². The summed E-state index contributed by atoms with van der Waals surface area (Å²) in [7, 11) is 0. The van der Waals surface area contributed by atoms with E-state index in [4.69, 9.17) is 0 Å². The number of rotatable bonds is 2. The number of pyridine rings is 1. The number of nitrogens with zero attached hydrogens (tertiary/aromatic N) is 2. The van der Waals surface area contributed by atoms with Crippen LogP contribution in [0.25, 0.3) is 33.7 Å². The molecule has 2 aromatic heterocycles. The molecule has 5 nitrogen and oxygen atoms in total. The van der Waals surface area contributed by atoms with Gasteiger partial charge in [0.15, 0.2) is 0 Å². The van der Waals surface area contributed by atoms with Crippen molar-refractivity contribution >= 4 is 34.1 Å². The molecule has 0 fully saturated rings. The molecule has 0 saturated carbocycles. The molecule has 4 aromatic rings. The highest BCUT2D eigenvalue weighted by Crippen LogP contribution is 2.36. The quantitative estimate of drug-likeness (QED) is 0.540. The molecule has 2 N–H and O–H groups in total. The van der Waals surface area contributed by atoms with Gasteiger partial charge in [0.05, 0.1) is 11.7 Å². The molecule has 124 valence electrons. The van der Waals surface area contributed by atoms with Gasteiger partial charge in [-0.25, -0.2) is 0 Å². The highest BCUT2D eigenvalue weighted by molar-refractivity contribution is 6.35. The van der Waals surface area contributed by atoms with Gasteiger partial charge in [0.2, 0.25) is 0 Å². The van der Waals surface area contributed by atoms with Crippen LogP contribution in [-0.4, -0.2) is 21.1 Å². The number of hydrogen-bond acceptors (Lipinski definition) is 3. The van der Waals surface area contributed by atoms with Crippen LogP contribution in [0.5, 0.6) is 0 Å². The summed E-state index contributed by atoms with van der Waals surface area (Å²) in [5.74, 6) is -0.0874. The predicted molar refractivity (Wildman–Crippen MR) is 102 cm³/mol. The Balaban J connectivity index is 1.57. The summed E-state index contributed by atoms with van der Waals surface area (Å²) in [6.07, 6.45) is 7.25. The molecule has 1 amide bonds. The molecule has 26 heavy (non-hydrogen) atoms. The summed E-state index contributed by atoms with van der Waals surface area (Å²) in [5.41, 5.74) is 6.39. The fourth-order valence-corrected chi connectivity index (χ4v) is 3.27. The number of H-pyrrole nitrogens is 1. The number of aromatic nitrogens is 3. The first-order valence-electron chi connectivity index (χ1n) is 8.29. The molecule has 0 bridgehead atoms. The van der Waals surface area contributed by atoms with Gasteiger partial charge in [-0.3, -0.25) is 14.9 Å². The number of anilines is 1. The molecule has 0 unspecified atom stereocenters. The van der Waals surface area contributed by atoms with E-state index in [1.807, 2.05) is 60.8 Å². The lowest BCUT2D eigenvalue weighted by molar-refractivity contribution is -0.110. The lowest BCUT2D eigenvalue weighted by Gasteiger charge is -2.04. The van der Waals surface area contributed by atoms with Crippen molar-refractivity contribution in [2.45, 2.75) is 0 Å². The lowest BCUT2D eigenvalue weighted by Crippen LogP contribution is -2.03. The van der Waals surface area contributed by atoms with Crippen molar-refractivity contribution in [2.24, 2.45) is 0 Å².